The highest BCUT2D eigenvalue weighted by atomic mass is 32.1. The van der Waals surface area contributed by atoms with Crippen molar-refractivity contribution in [1.82, 2.24) is 15.0 Å². The number of thiazole rings is 1. The molecule has 0 aliphatic carbocycles. The second-order valence-electron chi connectivity index (χ2n) is 5.62. The van der Waals surface area contributed by atoms with Crippen molar-refractivity contribution in [2.45, 2.75) is 18.9 Å². The molecule has 0 atom stereocenters. The Bertz CT molecular complexity index is 783. The van der Waals surface area contributed by atoms with Crippen molar-refractivity contribution in [2.24, 2.45) is 0 Å². The number of nitrogens with zero attached hydrogens (tertiary/aromatic N) is 4. The Labute approximate surface area is 147 Å². The second kappa shape index (κ2) is 6.82. The largest absolute Gasteiger partial charge is 0.359 e. The lowest BCUT2D eigenvalue weighted by molar-refractivity contribution is 0.518. The molecule has 1 aliphatic heterocycles. The summed E-state index contributed by atoms with van der Waals surface area (Å²) in [7, 11) is 0. The molecule has 4 heterocycles. The minimum Gasteiger partial charge on any atom is -0.359 e. The van der Waals surface area contributed by atoms with E-state index in [4.69, 9.17) is 0 Å². The molecule has 3 aromatic heterocycles. The number of nitrogens with one attached hydrogen (secondary N) is 1. The Balaban J connectivity index is 1.45. The van der Waals surface area contributed by atoms with Gasteiger partial charge in [-0.05, 0) is 24.3 Å². The Hall–Kier alpha value is -2.06. The summed E-state index contributed by atoms with van der Waals surface area (Å²) < 4.78 is 14.0. The molecule has 0 bridgehead atoms. The van der Waals surface area contributed by atoms with E-state index < -0.39 is 0 Å². The van der Waals surface area contributed by atoms with Gasteiger partial charge in [0.05, 0.1) is 6.20 Å². The summed E-state index contributed by atoms with van der Waals surface area (Å²) in [6.45, 7) is 1.69. The van der Waals surface area contributed by atoms with E-state index in [2.05, 4.69) is 25.2 Å². The van der Waals surface area contributed by atoms with Gasteiger partial charge in [-0.2, -0.15) is 11.3 Å². The van der Waals surface area contributed by atoms with Crippen LogP contribution in [0.4, 0.5) is 15.5 Å². The predicted octanol–water partition coefficient (Wildman–Crippen LogP) is 3.88. The van der Waals surface area contributed by atoms with Gasteiger partial charge in [-0.1, -0.05) is 0 Å². The zero-order valence-corrected chi connectivity index (χ0v) is 14.5. The first kappa shape index (κ1) is 15.5. The Morgan fingerprint density at radius 2 is 2.08 bits per heavy atom. The Morgan fingerprint density at radius 1 is 1.21 bits per heavy atom. The summed E-state index contributed by atoms with van der Waals surface area (Å²) in [5, 5.41) is 10.2. The molecule has 8 heteroatoms. The quantitative estimate of drug-likeness (QED) is 0.764. The van der Waals surface area contributed by atoms with Gasteiger partial charge in [-0.3, -0.25) is 0 Å². The van der Waals surface area contributed by atoms with Gasteiger partial charge < -0.3 is 10.2 Å². The number of anilines is 2. The maximum atomic E-state index is 14.0. The van der Waals surface area contributed by atoms with Crippen LogP contribution in [0, 0.1) is 5.82 Å². The van der Waals surface area contributed by atoms with Crippen molar-refractivity contribution in [1.29, 1.82) is 0 Å². The van der Waals surface area contributed by atoms with Crippen molar-refractivity contribution in [3.8, 4) is 11.3 Å². The summed E-state index contributed by atoms with van der Waals surface area (Å²) in [6, 6.07) is 2.29. The van der Waals surface area contributed by atoms with E-state index >= 15 is 0 Å². The molecule has 0 radical (unpaired) electrons. The number of piperidine rings is 1. The fourth-order valence-electron chi connectivity index (χ4n) is 2.80. The standard InChI is InChI=1S/C16H16FN5S2/c17-13-9-19-15(21-14(13)11-3-7-23-10-11)22-5-1-12(2-6-22)20-16-18-4-8-24-16/h3-4,7-10,12H,1-2,5-6H2,(H,18,20). The molecule has 1 aliphatic rings. The summed E-state index contributed by atoms with van der Waals surface area (Å²) in [5.41, 5.74) is 1.19. The third-order valence-corrected chi connectivity index (χ3v) is 5.45. The number of hydrogen-bond donors (Lipinski definition) is 1. The lowest BCUT2D eigenvalue weighted by Crippen LogP contribution is -2.40. The van der Waals surface area contributed by atoms with Crippen molar-refractivity contribution in [2.75, 3.05) is 23.3 Å². The minimum absolute atomic E-state index is 0.377. The molecule has 1 fully saturated rings. The third kappa shape index (κ3) is 3.25. The van der Waals surface area contributed by atoms with E-state index in [0.29, 0.717) is 17.7 Å². The molecule has 0 saturated carbocycles. The van der Waals surface area contributed by atoms with Crippen LogP contribution in [0.5, 0.6) is 0 Å². The van der Waals surface area contributed by atoms with Gasteiger partial charge in [0.1, 0.15) is 5.69 Å². The molecule has 4 rings (SSSR count). The zero-order valence-electron chi connectivity index (χ0n) is 12.9. The highest BCUT2D eigenvalue weighted by molar-refractivity contribution is 7.13. The van der Waals surface area contributed by atoms with Gasteiger partial charge in [-0.15, -0.1) is 11.3 Å². The predicted molar refractivity (Wildman–Crippen MR) is 96.3 cm³/mol. The normalized spacial score (nSPS) is 15.6. The minimum atomic E-state index is -0.377. The average Bonchev–Trinajstić information content (AvgIpc) is 3.30. The fourth-order valence-corrected chi connectivity index (χ4v) is 4.05. The first-order valence-corrected chi connectivity index (χ1v) is 9.58. The van der Waals surface area contributed by atoms with Crippen molar-refractivity contribution >= 4 is 33.8 Å². The van der Waals surface area contributed by atoms with Gasteiger partial charge in [0.25, 0.3) is 0 Å². The smallest absolute Gasteiger partial charge is 0.226 e. The van der Waals surface area contributed by atoms with Crippen LogP contribution in [0.1, 0.15) is 12.8 Å². The summed E-state index contributed by atoms with van der Waals surface area (Å²) in [4.78, 5) is 15.0. The molecule has 1 saturated heterocycles. The molecule has 0 aromatic carbocycles. The Kier molecular flexibility index (Phi) is 4.40. The molecule has 0 spiro atoms. The SMILES string of the molecule is Fc1cnc(N2CCC(Nc3nccs3)CC2)nc1-c1ccsc1. The van der Waals surface area contributed by atoms with E-state index in [0.717, 1.165) is 36.6 Å². The molecule has 24 heavy (non-hydrogen) atoms. The van der Waals surface area contributed by atoms with Crippen LogP contribution in [0.25, 0.3) is 11.3 Å². The molecule has 1 N–H and O–H groups in total. The van der Waals surface area contributed by atoms with Crippen LogP contribution in [0.3, 0.4) is 0 Å². The fraction of sp³-hybridized carbons (Fsp3) is 0.312. The number of thiophene rings is 1. The van der Waals surface area contributed by atoms with Gasteiger partial charge in [0, 0.05) is 41.7 Å². The summed E-state index contributed by atoms with van der Waals surface area (Å²) >= 11 is 3.15. The summed E-state index contributed by atoms with van der Waals surface area (Å²) in [6.07, 6.45) is 5.04. The molecule has 0 amide bonds. The van der Waals surface area contributed by atoms with E-state index in [1.165, 1.54) is 17.5 Å². The molecular formula is C16H16FN5S2. The number of rotatable bonds is 4. The van der Waals surface area contributed by atoms with E-state index in [9.17, 15) is 4.39 Å². The van der Waals surface area contributed by atoms with Crippen molar-refractivity contribution < 1.29 is 4.39 Å². The Morgan fingerprint density at radius 3 is 2.79 bits per heavy atom. The first-order valence-electron chi connectivity index (χ1n) is 7.75. The van der Waals surface area contributed by atoms with Crippen LogP contribution >= 0.6 is 22.7 Å². The van der Waals surface area contributed by atoms with Crippen LogP contribution in [-0.2, 0) is 0 Å². The van der Waals surface area contributed by atoms with Gasteiger partial charge in [0.15, 0.2) is 10.9 Å². The average molecular weight is 361 g/mol. The van der Waals surface area contributed by atoms with Crippen molar-refractivity contribution in [3.63, 3.8) is 0 Å². The monoisotopic (exact) mass is 361 g/mol. The highest BCUT2D eigenvalue weighted by Crippen LogP contribution is 2.26. The molecule has 5 nitrogen and oxygen atoms in total. The van der Waals surface area contributed by atoms with Crippen LogP contribution < -0.4 is 10.2 Å². The van der Waals surface area contributed by atoms with Crippen LogP contribution in [-0.4, -0.2) is 34.1 Å². The number of aromatic nitrogens is 3. The lowest BCUT2D eigenvalue weighted by atomic mass is 10.1. The van der Waals surface area contributed by atoms with E-state index in [1.807, 2.05) is 22.2 Å². The van der Waals surface area contributed by atoms with Crippen molar-refractivity contribution in [3.05, 3.63) is 40.4 Å². The maximum Gasteiger partial charge on any atom is 0.226 e. The van der Waals surface area contributed by atoms with Gasteiger partial charge in [0.2, 0.25) is 5.95 Å². The maximum absolute atomic E-state index is 14.0. The molecule has 3 aromatic rings. The molecular weight excluding hydrogens is 345 g/mol. The number of hydrogen-bond acceptors (Lipinski definition) is 7. The highest BCUT2D eigenvalue weighted by Gasteiger charge is 2.22. The van der Waals surface area contributed by atoms with Crippen LogP contribution in [0.15, 0.2) is 34.6 Å². The lowest BCUT2D eigenvalue weighted by Gasteiger charge is -2.32. The zero-order chi connectivity index (χ0) is 16.4. The molecule has 124 valence electrons. The summed E-state index contributed by atoms with van der Waals surface area (Å²) in [5.74, 6) is 0.225. The van der Waals surface area contributed by atoms with Gasteiger partial charge >= 0.3 is 0 Å². The van der Waals surface area contributed by atoms with Crippen LogP contribution in [0.2, 0.25) is 0 Å². The van der Waals surface area contributed by atoms with E-state index in [-0.39, 0.29) is 5.82 Å². The third-order valence-electron chi connectivity index (χ3n) is 4.06. The van der Waals surface area contributed by atoms with E-state index in [1.54, 1.807) is 17.5 Å². The first-order chi connectivity index (χ1) is 11.8. The second-order valence-corrected chi connectivity index (χ2v) is 7.30. The van der Waals surface area contributed by atoms with Gasteiger partial charge in [-0.25, -0.2) is 19.3 Å². The number of halogens is 1. The topological polar surface area (TPSA) is 53.9 Å². The molecule has 0 unspecified atom stereocenters.